The first-order valence-corrected chi connectivity index (χ1v) is 8.35. The van der Waals surface area contributed by atoms with Gasteiger partial charge in [0.05, 0.1) is 11.0 Å². The van der Waals surface area contributed by atoms with E-state index in [0.717, 1.165) is 18.4 Å². The fourth-order valence-electron chi connectivity index (χ4n) is 2.76. The standard InChI is InChI=1S/C14H18N2O2S/c17-19(18)8-2-4-12(19)10-15-9-11-3-1-5-14-13(11)6-7-16-14/h1,3,5-7,12,15-16H,2,4,8-10H2. The van der Waals surface area contributed by atoms with Crippen LogP contribution in [0.15, 0.2) is 30.5 Å². The van der Waals surface area contributed by atoms with Gasteiger partial charge in [0, 0.05) is 30.2 Å². The third-order valence-electron chi connectivity index (χ3n) is 3.84. The van der Waals surface area contributed by atoms with Gasteiger partial charge in [-0.15, -0.1) is 0 Å². The molecule has 1 aromatic carbocycles. The van der Waals surface area contributed by atoms with Crippen LogP contribution in [-0.4, -0.2) is 30.9 Å². The number of fused-ring (bicyclic) bond motifs is 1. The Bertz CT molecular complexity index is 676. The molecule has 2 heterocycles. The summed E-state index contributed by atoms with van der Waals surface area (Å²) < 4.78 is 23.5. The van der Waals surface area contributed by atoms with E-state index >= 15 is 0 Å². The maximum Gasteiger partial charge on any atom is 0.154 e. The molecule has 1 atom stereocenters. The van der Waals surface area contributed by atoms with Crippen molar-refractivity contribution in [1.29, 1.82) is 0 Å². The average molecular weight is 278 g/mol. The Morgan fingerprint density at radius 2 is 2.21 bits per heavy atom. The van der Waals surface area contributed by atoms with Crippen molar-refractivity contribution in [2.24, 2.45) is 0 Å². The number of aromatic nitrogens is 1. The van der Waals surface area contributed by atoms with Gasteiger partial charge in [-0.3, -0.25) is 0 Å². The van der Waals surface area contributed by atoms with Gasteiger partial charge in [-0.05, 0) is 30.5 Å². The summed E-state index contributed by atoms with van der Waals surface area (Å²) in [5.41, 5.74) is 2.32. The fraction of sp³-hybridized carbons (Fsp3) is 0.429. The lowest BCUT2D eigenvalue weighted by Gasteiger charge is -2.11. The minimum Gasteiger partial charge on any atom is -0.361 e. The van der Waals surface area contributed by atoms with E-state index in [-0.39, 0.29) is 5.25 Å². The Kier molecular flexibility index (Phi) is 3.33. The van der Waals surface area contributed by atoms with Gasteiger partial charge in [0.15, 0.2) is 9.84 Å². The molecule has 19 heavy (non-hydrogen) atoms. The first kappa shape index (κ1) is 12.7. The summed E-state index contributed by atoms with van der Waals surface area (Å²) in [6.07, 6.45) is 3.53. The van der Waals surface area contributed by atoms with Crippen LogP contribution >= 0.6 is 0 Å². The molecule has 0 amide bonds. The topological polar surface area (TPSA) is 62.0 Å². The highest BCUT2D eigenvalue weighted by molar-refractivity contribution is 7.92. The summed E-state index contributed by atoms with van der Waals surface area (Å²) in [5, 5.41) is 4.29. The second-order valence-corrected chi connectivity index (χ2v) is 7.52. The SMILES string of the molecule is O=S1(=O)CCCC1CNCc1cccc2[nH]ccc12. The van der Waals surface area contributed by atoms with Crippen molar-refractivity contribution >= 4 is 20.7 Å². The third-order valence-corrected chi connectivity index (χ3v) is 6.11. The van der Waals surface area contributed by atoms with Gasteiger partial charge < -0.3 is 10.3 Å². The zero-order chi connectivity index (χ0) is 13.3. The highest BCUT2D eigenvalue weighted by atomic mass is 32.2. The maximum atomic E-state index is 11.7. The van der Waals surface area contributed by atoms with Gasteiger partial charge in [0.2, 0.25) is 0 Å². The van der Waals surface area contributed by atoms with E-state index < -0.39 is 9.84 Å². The molecule has 0 saturated carbocycles. The summed E-state index contributed by atoms with van der Waals surface area (Å²) in [4.78, 5) is 3.18. The Hall–Kier alpha value is -1.33. The van der Waals surface area contributed by atoms with Crippen LogP contribution in [-0.2, 0) is 16.4 Å². The molecule has 102 valence electrons. The van der Waals surface area contributed by atoms with E-state index in [4.69, 9.17) is 0 Å². The number of benzene rings is 1. The van der Waals surface area contributed by atoms with E-state index in [9.17, 15) is 8.42 Å². The van der Waals surface area contributed by atoms with Crippen molar-refractivity contribution in [3.8, 4) is 0 Å². The molecule has 4 nitrogen and oxygen atoms in total. The first-order valence-electron chi connectivity index (χ1n) is 6.64. The predicted molar refractivity (Wildman–Crippen MR) is 76.8 cm³/mol. The number of hydrogen-bond acceptors (Lipinski definition) is 3. The summed E-state index contributed by atoms with van der Waals surface area (Å²) in [7, 11) is -2.84. The molecule has 0 bridgehead atoms. The van der Waals surface area contributed by atoms with Gasteiger partial charge in [0.25, 0.3) is 0 Å². The maximum absolute atomic E-state index is 11.7. The number of aromatic amines is 1. The van der Waals surface area contributed by atoms with Gasteiger partial charge in [-0.2, -0.15) is 0 Å². The Balaban J connectivity index is 1.65. The first-order chi connectivity index (χ1) is 9.17. The van der Waals surface area contributed by atoms with Crippen molar-refractivity contribution in [1.82, 2.24) is 10.3 Å². The summed E-state index contributed by atoms with van der Waals surface area (Å²) >= 11 is 0. The molecule has 0 radical (unpaired) electrons. The minimum atomic E-state index is -2.84. The lowest BCUT2D eigenvalue weighted by molar-refractivity contribution is 0.574. The summed E-state index contributed by atoms with van der Waals surface area (Å²) in [6.45, 7) is 1.27. The monoisotopic (exact) mass is 278 g/mol. The molecule has 2 N–H and O–H groups in total. The Morgan fingerprint density at radius 1 is 1.32 bits per heavy atom. The molecule has 1 aliphatic rings. The zero-order valence-electron chi connectivity index (χ0n) is 10.7. The summed E-state index contributed by atoms with van der Waals surface area (Å²) in [5.74, 6) is 0.354. The molecule has 0 spiro atoms. The normalized spacial score (nSPS) is 22.0. The lowest BCUT2D eigenvalue weighted by atomic mass is 10.1. The van der Waals surface area contributed by atoms with Gasteiger partial charge in [-0.25, -0.2) is 8.42 Å². The molecule has 1 unspecified atom stereocenters. The quantitative estimate of drug-likeness (QED) is 0.897. The Morgan fingerprint density at radius 3 is 3.00 bits per heavy atom. The fourth-order valence-corrected chi connectivity index (χ4v) is 4.56. The van der Waals surface area contributed by atoms with E-state index in [1.165, 1.54) is 10.9 Å². The van der Waals surface area contributed by atoms with Crippen LogP contribution in [0.3, 0.4) is 0 Å². The van der Waals surface area contributed by atoms with Crippen molar-refractivity contribution in [2.75, 3.05) is 12.3 Å². The number of sulfone groups is 1. The predicted octanol–water partition coefficient (Wildman–Crippen LogP) is 1.83. The van der Waals surface area contributed by atoms with E-state index in [1.807, 2.05) is 18.3 Å². The number of hydrogen-bond donors (Lipinski definition) is 2. The zero-order valence-corrected chi connectivity index (χ0v) is 11.5. The van der Waals surface area contributed by atoms with Crippen LogP contribution in [0, 0.1) is 0 Å². The smallest absolute Gasteiger partial charge is 0.154 e. The van der Waals surface area contributed by atoms with Crippen LogP contribution in [0.1, 0.15) is 18.4 Å². The van der Waals surface area contributed by atoms with Crippen LogP contribution in [0.4, 0.5) is 0 Å². The van der Waals surface area contributed by atoms with Crippen molar-refractivity contribution in [3.05, 3.63) is 36.0 Å². The molecule has 0 aliphatic carbocycles. The third kappa shape index (κ3) is 2.53. The van der Waals surface area contributed by atoms with Crippen LogP contribution in [0.25, 0.3) is 10.9 Å². The molecule has 5 heteroatoms. The summed E-state index contributed by atoms with van der Waals surface area (Å²) in [6, 6.07) is 8.19. The van der Waals surface area contributed by atoms with Crippen LogP contribution < -0.4 is 5.32 Å². The second-order valence-electron chi connectivity index (χ2n) is 5.12. The Labute approximate surface area is 113 Å². The van der Waals surface area contributed by atoms with Crippen molar-refractivity contribution in [3.63, 3.8) is 0 Å². The molecular formula is C14H18N2O2S. The average Bonchev–Trinajstić information content (AvgIpc) is 2.96. The molecule has 1 saturated heterocycles. The van der Waals surface area contributed by atoms with Gasteiger partial charge in [-0.1, -0.05) is 12.1 Å². The van der Waals surface area contributed by atoms with Crippen molar-refractivity contribution in [2.45, 2.75) is 24.6 Å². The highest BCUT2D eigenvalue weighted by Crippen LogP contribution is 2.20. The number of nitrogens with one attached hydrogen (secondary N) is 2. The minimum absolute atomic E-state index is 0.196. The largest absolute Gasteiger partial charge is 0.361 e. The van der Waals surface area contributed by atoms with Crippen LogP contribution in [0.2, 0.25) is 0 Å². The molecule has 1 aliphatic heterocycles. The molecule has 2 aromatic rings. The molecule has 3 rings (SSSR count). The second kappa shape index (κ2) is 4.98. The van der Waals surface area contributed by atoms with E-state index in [1.54, 1.807) is 0 Å². The van der Waals surface area contributed by atoms with Crippen LogP contribution in [0.5, 0.6) is 0 Å². The molecular weight excluding hydrogens is 260 g/mol. The van der Waals surface area contributed by atoms with Gasteiger partial charge >= 0.3 is 0 Å². The highest BCUT2D eigenvalue weighted by Gasteiger charge is 2.30. The lowest BCUT2D eigenvalue weighted by Crippen LogP contribution is -2.30. The van der Waals surface area contributed by atoms with E-state index in [2.05, 4.69) is 22.4 Å². The van der Waals surface area contributed by atoms with Gasteiger partial charge in [0.1, 0.15) is 0 Å². The molecule has 1 fully saturated rings. The molecule has 1 aromatic heterocycles. The van der Waals surface area contributed by atoms with Crippen molar-refractivity contribution < 1.29 is 8.42 Å². The van der Waals surface area contributed by atoms with E-state index in [0.29, 0.717) is 18.8 Å². The number of H-pyrrole nitrogens is 1. The number of rotatable bonds is 4.